The summed E-state index contributed by atoms with van der Waals surface area (Å²) in [7, 11) is 0. The number of aryl methyl sites for hydroxylation is 4. The predicted molar refractivity (Wildman–Crippen MR) is 122 cm³/mol. The molecule has 34 heavy (non-hydrogen) atoms. The quantitative estimate of drug-likeness (QED) is 0.427. The van der Waals surface area contributed by atoms with Gasteiger partial charge in [0, 0.05) is 37.5 Å². The van der Waals surface area contributed by atoms with E-state index in [4.69, 9.17) is 6.42 Å². The Kier molecular flexibility index (Phi) is 5.72. The summed E-state index contributed by atoms with van der Waals surface area (Å²) in [6.07, 6.45) is 14.8. The van der Waals surface area contributed by atoms with Gasteiger partial charge in [-0.15, -0.1) is 6.42 Å². The molecule has 9 heteroatoms. The lowest BCUT2D eigenvalue weighted by Crippen LogP contribution is -2.52. The van der Waals surface area contributed by atoms with Crippen molar-refractivity contribution in [1.82, 2.24) is 29.5 Å². The first-order chi connectivity index (χ1) is 16.5. The minimum absolute atomic E-state index is 0.151. The standard InChI is InChI=1S/C25H24N6O3/c1-2-17-12-27-30(13-17)11-10-29-14-19(26-16-29)7-6-18-4-3-5-20-21(18)15-31(25(20)34)22-8-9-23(32)28-24(22)33/h1,3-5,12-14,16,22H,6-11,15H2,(H,28,32,33). The average molecular weight is 457 g/mol. The Labute approximate surface area is 196 Å². The van der Waals surface area contributed by atoms with Crippen molar-refractivity contribution < 1.29 is 14.4 Å². The molecule has 1 saturated heterocycles. The van der Waals surface area contributed by atoms with Crippen LogP contribution in [0.4, 0.5) is 0 Å². The lowest BCUT2D eigenvalue weighted by Gasteiger charge is -2.29. The Bertz CT molecular complexity index is 1310. The van der Waals surface area contributed by atoms with E-state index >= 15 is 0 Å². The minimum Gasteiger partial charge on any atom is -0.335 e. The summed E-state index contributed by atoms with van der Waals surface area (Å²) in [5.41, 5.74) is 4.40. The Hall–Kier alpha value is -4.19. The molecule has 172 valence electrons. The highest BCUT2D eigenvalue weighted by atomic mass is 16.2. The molecule has 1 fully saturated rings. The summed E-state index contributed by atoms with van der Waals surface area (Å²) in [4.78, 5) is 42.9. The van der Waals surface area contributed by atoms with E-state index < -0.39 is 11.9 Å². The second kappa shape index (κ2) is 8.98. The summed E-state index contributed by atoms with van der Waals surface area (Å²) < 4.78 is 3.84. The van der Waals surface area contributed by atoms with Crippen molar-refractivity contribution in [2.45, 2.75) is 51.4 Å². The van der Waals surface area contributed by atoms with Crippen molar-refractivity contribution in [1.29, 1.82) is 0 Å². The number of piperidine rings is 1. The van der Waals surface area contributed by atoms with Gasteiger partial charge in [0.05, 0.1) is 30.3 Å². The molecule has 1 atom stereocenters. The van der Waals surface area contributed by atoms with Crippen LogP contribution in [0.25, 0.3) is 0 Å². The van der Waals surface area contributed by atoms with Gasteiger partial charge in [-0.25, -0.2) is 4.98 Å². The fraction of sp³-hybridized carbons (Fsp3) is 0.320. The van der Waals surface area contributed by atoms with Gasteiger partial charge in [0.15, 0.2) is 0 Å². The number of hydrogen-bond acceptors (Lipinski definition) is 5. The Morgan fingerprint density at radius 3 is 2.82 bits per heavy atom. The summed E-state index contributed by atoms with van der Waals surface area (Å²) in [5, 5.41) is 6.59. The van der Waals surface area contributed by atoms with Crippen LogP contribution in [-0.2, 0) is 42.1 Å². The summed E-state index contributed by atoms with van der Waals surface area (Å²) in [5.74, 6) is 1.74. The molecular weight excluding hydrogens is 432 g/mol. The van der Waals surface area contributed by atoms with Gasteiger partial charge in [-0.1, -0.05) is 18.1 Å². The van der Waals surface area contributed by atoms with Gasteiger partial charge in [-0.3, -0.25) is 24.4 Å². The Balaban J connectivity index is 1.22. The van der Waals surface area contributed by atoms with Gasteiger partial charge in [0.2, 0.25) is 11.8 Å². The van der Waals surface area contributed by atoms with Crippen LogP contribution in [0.2, 0.25) is 0 Å². The highest BCUT2D eigenvalue weighted by Crippen LogP contribution is 2.30. The van der Waals surface area contributed by atoms with Crippen LogP contribution >= 0.6 is 0 Å². The fourth-order valence-electron chi connectivity index (χ4n) is 4.58. The zero-order chi connectivity index (χ0) is 23.7. The lowest BCUT2D eigenvalue weighted by molar-refractivity contribution is -0.136. The number of hydrogen-bond donors (Lipinski definition) is 1. The van der Waals surface area contributed by atoms with Crippen LogP contribution in [0.5, 0.6) is 0 Å². The summed E-state index contributed by atoms with van der Waals surface area (Å²) in [6, 6.07) is 5.11. The number of nitrogens with zero attached hydrogens (tertiary/aromatic N) is 5. The SMILES string of the molecule is C#Cc1cnn(CCn2cnc(CCc3cccc4c3CN(C3CCC(=O)NC3=O)C4=O)c2)c1. The van der Waals surface area contributed by atoms with Crippen molar-refractivity contribution in [3.8, 4) is 12.3 Å². The van der Waals surface area contributed by atoms with E-state index in [1.807, 2.05) is 46.2 Å². The number of imide groups is 1. The van der Waals surface area contributed by atoms with Gasteiger partial charge in [0.1, 0.15) is 6.04 Å². The molecule has 1 N–H and O–H groups in total. The molecule has 0 radical (unpaired) electrons. The maximum Gasteiger partial charge on any atom is 0.255 e. The zero-order valence-corrected chi connectivity index (χ0v) is 18.6. The number of amides is 3. The number of fused-ring (bicyclic) bond motifs is 1. The number of aromatic nitrogens is 4. The molecule has 0 bridgehead atoms. The van der Waals surface area contributed by atoms with E-state index in [-0.39, 0.29) is 18.2 Å². The largest absolute Gasteiger partial charge is 0.335 e. The van der Waals surface area contributed by atoms with Crippen LogP contribution in [0.3, 0.4) is 0 Å². The van der Waals surface area contributed by atoms with E-state index in [0.29, 0.717) is 25.1 Å². The molecule has 0 spiro atoms. The molecule has 2 aromatic heterocycles. The van der Waals surface area contributed by atoms with Crippen molar-refractivity contribution in [2.24, 2.45) is 0 Å². The zero-order valence-electron chi connectivity index (χ0n) is 18.6. The summed E-state index contributed by atoms with van der Waals surface area (Å²) >= 11 is 0. The minimum atomic E-state index is -0.604. The molecule has 1 aromatic carbocycles. The molecule has 4 heterocycles. The highest BCUT2D eigenvalue weighted by Gasteiger charge is 2.39. The molecule has 5 rings (SSSR count). The van der Waals surface area contributed by atoms with Crippen LogP contribution in [0.15, 0.2) is 43.1 Å². The Morgan fingerprint density at radius 2 is 2.03 bits per heavy atom. The van der Waals surface area contributed by atoms with E-state index in [9.17, 15) is 14.4 Å². The third-order valence-corrected chi connectivity index (χ3v) is 6.40. The molecule has 3 amide bonds. The summed E-state index contributed by atoms with van der Waals surface area (Å²) in [6.45, 7) is 1.81. The molecule has 0 saturated carbocycles. The number of rotatable bonds is 7. The molecular formula is C25H24N6O3. The number of terminal acetylenes is 1. The van der Waals surface area contributed by atoms with Crippen LogP contribution in [0, 0.1) is 12.3 Å². The number of carbonyl (C=O) groups excluding carboxylic acids is 3. The number of nitrogens with one attached hydrogen (secondary N) is 1. The average Bonchev–Trinajstić information content (AvgIpc) is 3.56. The van der Waals surface area contributed by atoms with Gasteiger partial charge in [-0.2, -0.15) is 5.10 Å². The number of carbonyl (C=O) groups is 3. The van der Waals surface area contributed by atoms with E-state index in [2.05, 4.69) is 21.3 Å². The topological polar surface area (TPSA) is 102 Å². The van der Waals surface area contributed by atoms with Crippen molar-refractivity contribution in [2.75, 3.05) is 0 Å². The molecule has 2 aliphatic rings. The van der Waals surface area contributed by atoms with E-state index in [1.54, 1.807) is 11.1 Å². The third kappa shape index (κ3) is 4.22. The first-order valence-corrected chi connectivity index (χ1v) is 11.3. The van der Waals surface area contributed by atoms with Gasteiger partial charge in [-0.05, 0) is 36.5 Å². The molecule has 2 aliphatic heterocycles. The van der Waals surface area contributed by atoms with E-state index in [0.717, 1.165) is 41.8 Å². The van der Waals surface area contributed by atoms with Crippen molar-refractivity contribution >= 4 is 17.7 Å². The van der Waals surface area contributed by atoms with Crippen molar-refractivity contribution in [3.63, 3.8) is 0 Å². The van der Waals surface area contributed by atoms with Gasteiger partial charge >= 0.3 is 0 Å². The monoisotopic (exact) mass is 456 g/mol. The Morgan fingerprint density at radius 1 is 1.15 bits per heavy atom. The van der Waals surface area contributed by atoms with E-state index in [1.165, 1.54) is 0 Å². The lowest BCUT2D eigenvalue weighted by atomic mass is 9.99. The van der Waals surface area contributed by atoms with Gasteiger partial charge < -0.3 is 9.47 Å². The normalized spacial score (nSPS) is 17.6. The second-order valence-corrected chi connectivity index (χ2v) is 8.58. The first-order valence-electron chi connectivity index (χ1n) is 11.3. The molecule has 9 nitrogen and oxygen atoms in total. The number of imidazole rings is 1. The van der Waals surface area contributed by atoms with Crippen LogP contribution in [-0.4, -0.2) is 48.0 Å². The molecule has 0 aliphatic carbocycles. The van der Waals surface area contributed by atoms with Crippen LogP contribution < -0.4 is 5.32 Å². The van der Waals surface area contributed by atoms with Crippen LogP contribution in [0.1, 0.15) is 45.6 Å². The van der Waals surface area contributed by atoms with Crippen molar-refractivity contribution in [3.05, 3.63) is 71.1 Å². The third-order valence-electron chi connectivity index (χ3n) is 6.40. The maximum atomic E-state index is 13.0. The van der Waals surface area contributed by atoms with Gasteiger partial charge in [0.25, 0.3) is 5.91 Å². The smallest absolute Gasteiger partial charge is 0.255 e. The maximum absolute atomic E-state index is 13.0. The molecule has 3 aromatic rings. The number of benzene rings is 1. The molecule has 1 unspecified atom stereocenters. The predicted octanol–water partition coefficient (Wildman–Crippen LogP) is 1.31. The second-order valence-electron chi connectivity index (χ2n) is 8.58. The highest BCUT2D eigenvalue weighted by molar-refractivity contribution is 6.05. The fourth-order valence-corrected chi connectivity index (χ4v) is 4.58. The first kappa shape index (κ1) is 21.6.